The predicted molar refractivity (Wildman–Crippen MR) is 103 cm³/mol. The van der Waals surface area contributed by atoms with E-state index in [4.69, 9.17) is 4.74 Å². The normalized spacial score (nSPS) is 19.1. The van der Waals surface area contributed by atoms with Crippen LogP contribution in [0.4, 0.5) is 10.5 Å². The van der Waals surface area contributed by atoms with Crippen LogP contribution in [0.5, 0.6) is 0 Å². The summed E-state index contributed by atoms with van der Waals surface area (Å²) in [7, 11) is 0. The third-order valence-corrected chi connectivity index (χ3v) is 5.27. The van der Waals surface area contributed by atoms with Crippen molar-refractivity contribution in [3.63, 3.8) is 0 Å². The van der Waals surface area contributed by atoms with Gasteiger partial charge in [0.05, 0.1) is 12.6 Å². The fourth-order valence-electron chi connectivity index (χ4n) is 3.76. The zero-order valence-corrected chi connectivity index (χ0v) is 15.3. The first-order valence-electron chi connectivity index (χ1n) is 9.40. The van der Waals surface area contributed by atoms with Crippen LogP contribution >= 0.6 is 0 Å². The molecule has 0 aliphatic carbocycles. The molecule has 4 rings (SSSR count). The van der Waals surface area contributed by atoms with Gasteiger partial charge in [-0.2, -0.15) is 0 Å². The van der Waals surface area contributed by atoms with Gasteiger partial charge in [-0.3, -0.25) is 4.90 Å². The van der Waals surface area contributed by atoms with Crippen molar-refractivity contribution in [2.75, 3.05) is 31.1 Å². The lowest BCUT2D eigenvalue weighted by molar-refractivity contribution is 0.0955. The number of anilines is 1. The molecule has 2 aliphatic heterocycles. The molecule has 2 aliphatic rings. The number of carbonyl (C=O) groups excluding carboxylic acids is 1. The summed E-state index contributed by atoms with van der Waals surface area (Å²) in [5.41, 5.74) is 4.40. The van der Waals surface area contributed by atoms with Crippen LogP contribution in [0.25, 0.3) is 0 Å². The summed E-state index contributed by atoms with van der Waals surface area (Å²) in [6, 6.07) is 16.1. The molecule has 1 saturated heterocycles. The number of nitrogens with zero attached hydrogens (tertiary/aromatic N) is 2. The van der Waals surface area contributed by atoms with E-state index in [1.807, 2.05) is 30.3 Å². The number of fused-ring (bicyclic) bond motifs is 1. The van der Waals surface area contributed by atoms with Crippen LogP contribution in [0.2, 0.25) is 0 Å². The molecular weight excluding hydrogens is 342 g/mol. The quantitative estimate of drug-likeness (QED) is 0.867. The zero-order chi connectivity index (χ0) is 18.6. The monoisotopic (exact) mass is 367 g/mol. The van der Waals surface area contributed by atoms with Gasteiger partial charge in [0.1, 0.15) is 6.61 Å². The first-order chi connectivity index (χ1) is 13.2. The molecule has 0 radical (unpaired) electrons. The number of nitrogens with one attached hydrogen (secondary N) is 1. The van der Waals surface area contributed by atoms with Crippen molar-refractivity contribution in [3.8, 4) is 0 Å². The van der Waals surface area contributed by atoms with Crippen molar-refractivity contribution in [2.24, 2.45) is 0 Å². The zero-order valence-electron chi connectivity index (χ0n) is 15.3. The van der Waals surface area contributed by atoms with Gasteiger partial charge < -0.3 is 20.1 Å². The summed E-state index contributed by atoms with van der Waals surface area (Å²) in [5.74, 6) is 0. The van der Waals surface area contributed by atoms with Crippen molar-refractivity contribution < 1.29 is 14.6 Å². The van der Waals surface area contributed by atoms with Crippen LogP contribution in [-0.2, 0) is 24.4 Å². The maximum Gasteiger partial charge on any atom is 0.410 e. The van der Waals surface area contributed by atoms with E-state index in [9.17, 15) is 9.90 Å². The van der Waals surface area contributed by atoms with E-state index >= 15 is 0 Å². The van der Waals surface area contributed by atoms with E-state index in [0.717, 1.165) is 42.0 Å². The van der Waals surface area contributed by atoms with Gasteiger partial charge in [-0.25, -0.2) is 4.79 Å². The summed E-state index contributed by atoms with van der Waals surface area (Å²) >= 11 is 0. The van der Waals surface area contributed by atoms with Gasteiger partial charge in [0.15, 0.2) is 0 Å². The third kappa shape index (κ3) is 3.91. The van der Waals surface area contributed by atoms with Crippen LogP contribution < -0.4 is 10.2 Å². The van der Waals surface area contributed by atoms with Crippen molar-refractivity contribution in [1.82, 2.24) is 10.2 Å². The molecule has 2 heterocycles. The summed E-state index contributed by atoms with van der Waals surface area (Å²) in [6.45, 7) is 4.11. The second-order valence-electron chi connectivity index (χ2n) is 7.08. The number of hydrogen-bond acceptors (Lipinski definition) is 5. The number of piperazine rings is 1. The summed E-state index contributed by atoms with van der Waals surface area (Å²) in [5, 5.41) is 12.9. The van der Waals surface area contributed by atoms with Crippen molar-refractivity contribution >= 4 is 11.8 Å². The smallest absolute Gasteiger partial charge is 0.410 e. The Morgan fingerprint density at radius 1 is 1.15 bits per heavy atom. The Morgan fingerprint density at radius 3 is 2.78 bits per heavy atom. The maximum absolute atomic E-state index is 12.4. The van der Waals surface area contributed by atoms with Gasteiger partial charge >= 0.3 is 6.09 Å². The molecule has 1 fully saturated rings. The van der Waals surface area contributed by atoms with E-state index in [2.05, 4.69) is 28.4 Å². The van der Waals surface area contributed by atoms with E-state index in [1.54, 1.807) is 4.90 Å². The molecule has 0 unspecified atom stereocenters. The van der Waals surface area contributed by atoms with Crippen LogP contribution in [0.15, 0.2) is 48.5 Å². The van der Waals surface area contributed by atoms with Gasteiger partial charge in [0.2, 0.25) is 0 Å². The second kappa shape index (κ2) is 7.98. The molecule has 6 nitrogen and oxygen atoms in total. The standard InChI is InChI=1S/C21H25N3O3/c25-14-20-11-22-8-9-24(20)19-7-6-17-12-23(13-18(17)10-19)21(26)27-15-16-4-2-1-3-5-16/h1-7,10,20,22,25H,8-9,11-15H2/t20-/m0/s1. The third-order valence-electron chi connectivity index (χ3n) is 5.27. The lowest BCUT2D eigenvalue weighted by atomic mass is 10.1. The number of rotatable bonds is 4. The van der Waals surface area contributed by atoms with E-state index in [1.165, 1.54) is 0 Å². The predicted octanol–water partition coefficient (Wildman–Crippen LogP) is 2.11. The molecular formula is C21H25N3O3. The van der Waals surface area contributed by atoms with Gasteiger partial charge in [-0.05, 0) is 28.8 Å². The minimum Gasteiger partial charge on any atom is -0.445 e. The molecule has 2 aromatic rings. The molecule has 27 heavy (non-hydrogen) atoms. The minimum atomic E-state index is -0.285. The number of carbonyl (C=O) groups is 1. The molecule has 2 aromatic carbocycles. The van der Waals surface area contributed by atoms with Crippen molar-refractivity contribution in [1.29, 1.82) is 0 Å². The molecule has 0 bridgehead atoms. The molecule has 2 N–H and O–H groups in total. The highest BCUT2D eigenvalue weighted by molar-refractivity contribution is 5.69. The van der Waals surface area contributed by atoms with Gasteiger partial charge in [-0.15, -0.1) is 0 Å². The molecule has 0 spiro atoms. The van der Waals surface area contributed by atoms with Gasteiger partial charge in [-0.1, -0.05) is 36.4 Å². The Labute approximate surface area is 159 Å². The molecule has 0 aromatic heterocycles. The lowest BCUT2D eigenvalue weighted by Crippen LogP contribution is -2.53. The van der Waals surface area contributed by atoms with E-state index in [-0.39, 0.29) is 25.3 Å². The van der Waals surface area contributed by atoms with E-state index in [0.29, 0.717) is 13.1 Å². The average molecular weight is 367 g/mol. The summed E-state index contributed by atoms with van der Waals surface area (Å²) in [6.07, 6.45) is -0.285. The molecule has 1 amide bonds. The summed E-state index contributed by atoms with van der Waals surface area (Å²) < 4.78 is 5.46. The number of ether oxygens (including phenoxy) is 1. The number of benzene rings is 2. The fourth-order valence-corrected chi connectivity index (χ4v) is 3.76. The lowest BCUT2D eigenvalue weighted by Gasteiger charge is -2.37. The Hall–Kier alpha value is -2.57. The van der Waals surface area contributed by atoms with Gasteiger partial charge in [0.25, 0.3) is 0 Å². The second-order valence-corrected chi connectivity index (χ2v) is 7.08. The number of hydrogen-bond donors (Lipinski definition) is 2. The molecule has 142 valence electrons. The Morgan fingerprint density at radius 2 is 1.96 bits per heavy atom. The van der Waals surface area contributed by atoms with E-state index < -0.39 is 0 Å². The highest BCUT2D eigenvalue weighted by Gasteiger charge is 2.27. The van der Waals surface area contributed by atoms with Crippen LogP contribution in [0.1, 0.15) is 16.7 Å². The minimum absolute atomic E-state index is 0.0881. The highest BCUT2D eigenvalue weighted by Crippen LogP contribution is 2.29. The average Bonchev–Trinajstić information content (AvgIpc) is 3.16. The Kier molecular flexibility index (Phi) is 5.27. The number of aliphatic hydroxyl groups is 1. The maximum atomic E-state index is 12.4. The first kappa shape index (κ1) is 17.8. The van der Waals surface area contributed by atoms with Gasteiger partial charge in [0, 0.05) is 38.4 Å². The molecule has 6 heteroatoms. The first-order valence-corrected chi connectivity index (χ1v) is 9.40. The van der Waals surface area contributed by atoms with Crippen LogP contribution in [0, 0.1) is 0 Å². The van der Waals surface area contributed by atoms with Crippen molar-refractivity contribution in [3.05, 3.63) is 65.2 Å². The fraction of sp³-hybridized carbons (Fsp3) is 0.381. The summed E-state index contributed by atoms with van der Waals surface area (Å²) in [4.78, 5) is 16.4. The highest BCUT2D eigenvalue weighted by atomic mass is 16.6. The van der Waals surface area contributed by atoms with Crippen molar-refractivity contribution in [2.45, 2.75) is 25.7 Å². The van der Waals surface area contributed by atoms with Crippen LogP contribution in [-0.4, -0.2) is 48.4 Å². The molecule has 1 atom stereocenters. The Bertz CT molecular complexity index is 797. The topological polar surface area (TPSA) is 65.0 Å². The number of aliphatic hydroxyl groups excluding tert-OH is 1. The molecule has 0 saturated carbocycles. The SMILES string of the molecule is O=C(OCc1ccccc1)N1Cc2ccc(N3CCNC[C@H]3CO)cc2C1. The Balaban J connectivity index is 1.40. The number of amides is 1. The van der Waals surface area contributed by atoms with Crippen LogP contribution in [0.3, 0.4) is 0 Å². The largest absolute Gasteiger partial charge is 0.445 e.